The van der Waals surface area contributed by atoms with E-state index in [4.69, 9.17) is 4.74 Å². The van der Waals surface area contributed by atoms with Crippen LogP contribution in [0.4, 0.5) is 0 Å². The predicted octanol–water partition coefficient (Wildman–Crippen LogP) is 2.03. The lowest BCUT2D eigenvalue weighted by Gasteiger charge is -2.32. The molecule has 1 atom stereocenters. The number of phenols is 1. The molecule has 0 radical (unpaired) electrons. The maximum absolute atomic E-state index is 12.3. The van der Waals surface area contributed by atoms with Crippen molar-refractivity contribution >= 4 is 5.91 Å². The zero-order chi connectivity index (χ0) is 13.0. The average Bonchev–Trinajstić information content (AvgIpc) is 2.39. The van der Waals surface area contributed by atoms with Crippen LogP contribution in [-0.4, -0.2) is 41.7 Å². The van der Waals surface area contributed by atoms with Gasteiger partial charge in [0.05, 0.1) is 11.7 Å². The summed E-state index contributed by atoms with van der Waals surface area (Å²) in [6, 6.07) is 6.67. The molecule has 18 heavy (non-hydrogen) atoms. The van der Waals surface area contributed by atoms with Gasteiger partial charge in [-0.1, -0.05) is 12.1 Å². The Kier molecular flexibility index (Phi) is 4.20. The molecule has 1 aliphatic heterocycles. The minimum atomic E-state index is -0.113. The van der Waals surface area contributed by atoms with Crippen LogP contribution in [0.2, 0.25) is 0 Å². The zero-order valence-corrected chi connectivity index (χ0v) is 10.6. The third-order valence-corrected chi connectivity index (χ3v) is 3.20. The van der Waals surface area contributed by atoms with E-state index in [1.165, 1.54) is 6.07 Å². The molecule has 2 rings (SSSR count). The van der Waals surface area contributed by atoms with Gasteiger partial charge in [0, 0.05) is 19.7 Å². The molecule has 4 heteroatoms. The number of phenolic OH excluding ortho intramolecular Hbond substituents is 1. The van der Waals surface area contributed by atoms with Gasteiger partial charge >= 0.3 is 0 Å². The summed E-state index contributed by atoms with van der Waals surface area (Å²) in [7, 11) is 0. The van der Waals surface area contributed by atoms with Crippen molar-refractivity contribution in [2.24, 2.45) is 0 Å². The summed E-state index contributed by atoms with van der Waals surface area (Å²) in [5, 5.41) is 9.70. The number of benzene rings is 1. The number of piperidine rings is 1. The number of aromatic hydroxyl groups is 1. The maximum atomic E-state index is 12.3. The number of hydrogen-bond donors (Lipinski definition) is 1. The van der Waals surface area contributed by atoms with Crippen LogP contribution in [-0.2, 0) is 4.74 Å². The molecule has 98 valence electrons. The summed E-state index contributed by atoms with van der Waals surface area (Å²) in [5.41, 5.74) is 0.370. The fraction of sp³-hybridized carbons (Fsp3) is 0.500. The molecule has 1 aromatic rings. The summed E-state index contributed by atoms with van der Waals surface area (Å²) >= 11 is 0. The third kappa shape index (κ3) is 2.82. The second-order valence-corrected chi connectivity index (χ2v) is 4.49. The molecule has 0 saturated carbocycles. The highest BCUT2D eigenvalue weighted by Crippen LogP contribution is 2.21. The Balaban J connectivity index is 2.07. The van der Waals surface area contributed by atoms with E-state index < -0.39 is 0 Å². The van der Waals surface area contributed by atoms with Gasteiger partial charge in [0.15, 0.2) is 0 Å². The van der Waals surface area contributed by atoms with Crippen LogP contribution in [0.5, 0.6) is 5.75 Å². The topological polar surface area (TPSA) is 49.8 Å². The zero-order valence-electron chi connectivity index (χ0n) is 10.6. The van der Waals surface area contributed by atoms with E-state index in [-0.39, 0.29) is 17.8 Å². The van der Waals surface area contributed by atoms with Gasteiger partial charge in [-0.25, -0.2) is 0 Å². The van der Waals surface area contributed by atoms with Gasteiger partial charge in [-0.05, 0) is 31.9 Å². The largest absolute Gasteiger partial charge is 0.507 e. The Hall–Kier alpha value is -1.55. The number of ether oxygens (including phenoxy) is 1. The first-order valence-corrected chi connectivity index (χ1v) is 6.41. The van der Waals surface area contributed by atoms with Crippen LogP contribution in [0.15, 0.2) is 24.3 Å². The van der Waals surface area contributed by atoms with Gasteiger partial charge in [-0.15, -0.1) is 0 Å². The standard InChI is InChI=1S/C14H19NO3/c1-2-18-11-6-5-9-15(10-11)14(17)12-7-3-4-8-13(12)16/h3-4,7-8,11,16H,2,5-6,9-10H2,1H3. The number of rotatable bonds is 3. The first kappa shape index (κ1) is 12.9. The molecule has 1 heterocycles. The highest BCUT2D eigenvalue weighted by molar-refractivity contribution is 5.96. The molecule has 0 aromatic heterocycles. The van der Waals surface area contributed by atoms with E-state index in [0.717, 1.165) is 19.4 Å². The van der Waals surface area contributed by atoms with Crippen LogP contribution in [0.1, 0.15) is 30.1 Å². The number of amides is 1. The van der Waals surface area contributed by atoms with Crippen molar-refractivity contribution in [3.05, 3.63) is 29.8 Å². The molecule has 1 N–H and O–H groups in total. The van der Waals surface area contributed by atoms with Crippen LogP contribution in [0.3, 0.4) is 0 Å². The van der Waals surface area contributed by atoms with Gasteiger partial charge in [-0.2, -0.15) is 0 Å². The van der Waals surface area contributed by atoms with Gasteiger partial charge < -0.3 is 14.7 Å². The molecule has 1 aliphatic rings. The lowest BCUT2D eigenvalue weighted by molar-refractivity contribution is 0.00714. The molecule has 1 saturated heterocycles. The lowest BCUT2D eigenvalue weighted by atomic mass is 10.1. The number of carbonyl (C=O) groups is 1. The Morgan fingerprint density at radius 1 is 1.50 bits per heavy atom. The van der Waals surface area contributed by atoms with Gasteiger partial charge in [0.1, 0.15) is 5.75 Å². The number of para-hydroxylation sites is 1. The molecule has 0 spiro atoms. The van der Waals surface area contributed by atoms with Crippen LogP contribution < -0.4 is 0 Å². The first-order chi connectivity index (χ1) is 8.72. The van der Waals surface area contributed by atoms with E-state index in [0.29, 0.717) is 18.7 Å². The highest BCUT2D eigenvalue weighted by Gasteiger charge is 2.25. The van der Waals surface area contributed by atoms with Gasteiger partial charge in [0.2, 0.25) is 0 Å². The Morgan fingerprint density at radius 3 is 3.00 bits per heavy atom. The van der Waals surface area contributed by atoms with Gasteiger partial charge in [0.25, 0.3) is 5.91 Å². The fourth-order valence-electron chi connectivity index (χ4n) is 2.32. The molecule has 4 nitrogen and oxygen atoms in total. The number of nitrogens with zero attached hydrogens (tertiary/aromatic N) is 1. The number of likely N-dealkylation sites (tertiary alicyclic amines) is 1. The molecule has 1 fully saturated rings. The van der Waals surface area contributed by atoms with Crippen molar-refractivity contribution in [1.29, 1.82) is 0 Å². The quantitative estimate of drug-likeness (QED) is 0.891. The summed E-state index contributed by atoms with van der Waals surface area (Å²) in [6.45, 7) is 3.98. The third-order valence-electron chi connectivity index (χ3n) is 3.20. The molecular formula is C14H19NO3. The van der Waals surface area contributed by atoms with E-state index in [1.807, 2.05) is 6.92 Å². The molecule has 1 aromatic carbocycles. The van der Waals surface area contributed by atoms with E-state index in [1.54, 1.807) is 23.1 Å². The SMILES string of the molecule is CCOC1CCCN(C(=O)c2ccccc2O)C1. The predicted molar refractivity (Wildman–Crippen MR) is 68.7 cm³/mol. The Bertz CT molecular complexity index is 417. The number of carbonyl (C=O) groups excluding carboxylic acids is 1. The second kappa shape index (κ2) is 5.87. The monoisotopic (exact) mass is 249 g/mol. The molecule has 1 unspecified atom stereocenters. The van der Waals surface area contributed by atoms with E-state index in [9.17, 15) is 9.90 Å². The summed E-state index contributed by atoms with van der Waals surface area (Å²) < 4.78 is 5.57. The lowest BCUT2D eigenvalue weighted by Crippen LogP contribution is -2.43. The normalized spacial score (nSPS) is 19.8. The molecule has 0 aliphatic carbocycles. The van der Waals surface area contributed by atoms with Gasteiger partial charge in [-0.3, -0.25) is 4.79 Å². The smallest absolute Gasteiger partial charge is 0.257 e. The maximum Gasteiger partial charge on any atom is 0.257 e. The highest BCUT2D eigenvalue weighted by atomic mass is 16.5. The van der Waals surface area contributed by atoms with Crippen molar-refractivity contribution in [3.8, 4) is 5.75 Å². The average molecular weight is 249 g/mol. The molecule has 1 amide bonds. The summed E-state index contributed by atoms with van der Waals surface area (Å²) in [5.74, 6) is -0.0708. The Labute approximate surface area is 107 Å². The van der Waals surface area contributed by atoms with Crippen molar-refractivity contribution in [2.45, 2.75) is 25.9 Å². The van der Waals surface area contributed by atoms with Crippen LogP contribution in [0.25, 0.3) is 0 Å². The first-order valence-electron chi connectivity index (χ1n) is 6.41. The molecule has 0 bridgehead atoms. The minimum absolute atomic E-state index is 0.0426. The van der Waals surface area contributed by atoms with Crippen molar-refractivity contribution in [1.82, 2.24) is 4.90 Å². The summed E-state index contributed by atoms with van der Waals surface area (Å²) in [6.07, 6.45) is 2.07. The fourth-order valence-corrected chi connectivity index (χ4v) is 2.32. The number of hydrogen-bond acceptors (Lipinski definition) is 3. The second-order valence-electron chi connectivity index (χ2n) is 4.49. The van der Waals surface area contributed by atoms with Crippen molar-refractivity contribution in [3.63, 3.8) is 0 Å². The van der Waals surface area contributed by atoms with Crippen molar-refractivity contribution < 1.29 is 14.6 Å². The minimum Gasteiger partial charge on any atom is -0.507 e. The van der Waals surface area contributed by atoms with E-state index >= 15 is 0 Å². The van der Waals surface area contributed by atoms with Crippen LogP contribution >= 0.6 is 0 Å². The van der Waals surface area contributed by atoms with Crippen LogP contribution in [0, 0.1) is 0 Å². The van der Waals surface area contributed by atoms with Crippen molar-refractivity contribution in [2.75, 3.05) is 19.7 Å². The molecular weight excluding hydrogens is 230 g/mol. The van der Waals surface area contributed by atoms with E-state index in [2.05, 4.69) is 0 Å². The Morgan fingerprint density at radius 2 is 2.28 bits per heavy atom. The summed E-state index contributed by atoms with van der Waals surface area (Å²) in [4.78, 5) is 14.0.